The molecule has 2 amide bonds. The predicted molar refractivity (Wildman–Crippen MR) is 97.8 cm³/mol. The third-order valence-corrected chi connectivity index (χ3v) is 4.23. The van der Waals surface area contributed by atoms with E-state index in [0.29, 0.717) is 22.2 Å². The van der Waals surface area contributed by atoms with Gasteiger partial charge in [-0.05, 0) is 6.07 Å². The monoisotopic (exact) mass is 394 g/mol. The summed E-state index contributed by atoms with van der Waals surface area (Å²) in [6.45, 7) is -0.324. The summed E-state index contributed by atoms with van der Waals surface area (Å²) in [5.74, 6) is 0.886. The molecule has 0 bridgehead atoms. The Morgan fingerprint density at radius 1 is 1.33 bits per heavy atom. The van der Waals surface area contributed by atoms with Crippen LogP contribution < -0.4 is 19.7 Å². The Morgan fingerprint density at radius 2 is 2.04 bits per heavy atom. The summed E-state index contributed by atoms with van der Waals surface area (Å²) >= 11 is 6.14. The van der Waals surface area contributed by atoms with Gasteiger partial charge in [0.15, 0.2) is 6.61 Å². The van der Waals surface area contributed by atoms with Crippen molar-refractivity contribution in [1.82, 2.24) is 5.32 Å². The molecule has 1 atom stereocenters. The van der Waals surface area contributed by atoms with Crippen molar-refractivity contribution in [2.75, 3.05) is 38.8 Å². The average Bonchev–Trinajstić information content (AvgIpc) is 3.05. The Balaban J connectivity index is 2.07. The molecule has 1 aromatic carbocycles. The normalized spacial score (nSPS) is 15.9. The maximum Gasteiger partial charge on any atom is 0.311 e. The van der Waals surface area contributed by atoms with Gasteiger partial charge in [0.25, 0.3) is 5.91 Å². The summed E-state index contributed by atoms with van der Waals surface area (Å²) in [5, 5.41) is 2.68. The van der Waals surface area contributed by atoms with Crippen LogP contribution in [-0.4, -0.2) is 51.7 Å². The van der Waals surface area contributed by atoms with E-state index < -0.39 is 24.4 Å². The third kappa shape index (κ3) is 4.83. The highest BCUT2D eigenvalue weighted by molar-refractivity contribution is 6.32. The molecule has 1 fully saturated rings. The van der Waals surface area contributed by atoms with Crippen LogP contribution in [-0.2, 0) is 19.1 Å². The number of hydrogen-bond acceptors (Lipinski definition) is 6. The lowest BCUT2D eigenvalue weighted by Gasteiger charge is -2.20. The van der Waals surface area contributed by atoms with Gasteiger partial charge in [-0.2, -0.15) is 0 Å². The molecule has 0 saturated carbocycles. The number of benzene rings is 1. The van der Waals surface area contributed by atoms with Gasteiger partial charge in [0.05, 0.1) is 37.4 Å². The lowest BCUT2D eigenvalue weighted by atomic mass is 10.1. The van der Waals surface area contributed by atoms with E-state index in [9.17, 15) is 14.4 Å². The van der Waals surface area contributed by atoms with E-state index in [4.69, 9.17) is 32.2 Å². The summed E-state index contributed by atoms with van der Waals surface area (Å²) in [5.41, 5.74) is 0.426. The molecule has 1 aliphatic rings. The molecule has 8 nitrogen and oxygen atoms in total. The summed E-state index contributed by atoms with van der Waals surface area (Å²) in [4.78, 5) is 37.4. The third-order valence-electron chi connectivity index (χ3n) is 3.94. The van der Waals surface area contributed by atoms with Gasteiger partial charge < -0.3 is 24.4 Å². The number of carbonyl (C=O) groups excluding carboxylic acids is 3. The Kier molecular flexibility index (Phi) is 6.91. The first kappa shape index (κ1) is 20.4. The zero-order valence-corrected chi connectivity index (χ0v) is 15.7. The molecular weight excluding hydrogens is 376 g/mol. The van der Waals surface area contributed by atoms with Crippen LogP contribution in [0.5, 0.6) is 11.5 Å². The number of methoxy groups -OCH3 is 2. The van der Waals surface area contributed by atoms with E-state index in [2.05, 4.69) is 11.2 Å². The standard InChI is InChI=1S/C18H19ClN2O6/c1-4-5-20-16(22)10-27-18(24)11-6-17(23)21(9-11)13-7-12(19)14(25-2)8-15(13)26-3/h1,7-8,11H,5-6,9-10H2,2-3H3,(H,20,22)/t11-/m0/s1. The summed E-state index contributed by atoms with van der Waals surface area (Å²) < 4.78 is 15.4. The van der Waals surface area contributed by atoms with Gasteiger partial charge in [-0.15, -0.1) is 6.42 Å². The van der Waals surface area contributed by atoms with Crippen LogP contribution in [0.4, 0.5) is 5.69 Å². The molecule has 0 spiro atoms. The number of carbonyl (C=O) groups is 3. The van der Waals surface area contributed by atoms with Crippen LogP contribution in [0.15, 0.2) is 12.1 Å². The van der Waals surface area contributed by atoms with E-state index in [1.165, 1.54) is 25.2 Å². The Morgan fingerprint density at radius 3 is 2.67 bits per heavy atom. The predicted octanol–water partition coefficient (Wildman–Crippen LogP) is 1.00. The zero-order chi connectivity index (χ0) is 20.0. The number of ether oxygens (including phenoxy) is 3. The highest BCUT2D eigenvalue weighted by Crippen LogP contribution is 2.40. The van der Waals surface area contributed by atoms with E-state index >= 15 is 0 Å². The van der Waals surface area contributed by atoms with Crippen LogP contribution in [0.3, 0.4) is 0 Å². The van der Waals surface area contributed by atoms with E-state index in [1.807, 2.05) is 0 Å². The number of rotatable bonds is 7. The van der Waals surface area contributed by atoms with Crippen LogP contribution in [0, 0.1) is 18.3 Å². The van der Waals surface area contributed by atoms with Gasteiger partial charge in [0.1, 0.15) is 11.5 Å². The van der Waals surface area contributed by atoms with Crippen molar-refractivity contribution in [3.8, 4) is 23.8 Å². The molecule has 0 radical (unpaired) electrons. The minimum absolute atomic E-state index is 0.0440. The molecule has 0 unspecified atom stereocenters. The van der Waals surface area contributed by atoms with Gasteiger partial charge >= 0.3 is 5.97 Å². The smallest absolute Gasteiger partial charge is 0.311 e. The largest absolute Gasteiger partial charge is 0.495 e. The van der Waals surface area contributed by atoms with Gasteiger partial charge in [0.2, 0.25) is 5.91 Å². The van der Waals surface area contributed by atoms with Crippen LogP contribution >= 0.6 is 11.6 Å². The van der Waals surface area contributed by atoms with Crippen molar-refractivity contribution in [1.29, 1.82) is 0 Å². The number of nitrogens with zero attached hydrogens (tertiary/aromatic N) is 1. The number of nitrogens with one attached hydrogen (secondary N) is 1. The number of esters is 1. The van der Waals surface area contributed by atoms with Crippen LogP contribution in [0.1, 0.15) is 6.42 Å². The second-order valence-electron chi connectivity index (χ2n) is 5.65. The molecule has 2 rings (SSSR count). The van der Waals surface area contributed by atoms with E-state index in [0.717, 1.165) is 0 Å². The first-order valence-electron chi connectivity index (χ1n) is 8.00. The Labute approximate surface area is 161 Å². The topological polar surface area (TPSA) is 94.2 Å². The fourth-order valence-electron chi connectivity index (χ4n) is 2.61. The second-order valence-corrected chi connectivity index (χ2v) is 6.06. The molecule has 1 aliphatic heterocycles. The second kappa shape index (κ2) is 9.14. The molecule has 1 aromatic rings. The zero-order valence-electron chi connectivity index (χ0n) is 14.9. The highest BCUT2D eigenvalue weighted by atomic mass is 35.5. The molecule has 1 heterocycles. The number of anilines is 1. The Bertz CT molecular complexity index is 789. The summed E-state index contributed by atoms with van der Waals surface area (Å²) in [6, 6.07) is 3.10. The summed E-state index contributed by atoms with van der Waals surface area (Å²) in [6.07, 6.45) is 4.98. The van der Waals surface area contributed by atoms with Crippen LogP contribution in [0.2, 0.25) is 5.02 Å². The van der Waals surface area contributed by atoms with Crippen molar-refractivity contribution >= 4 is 35.1 Å². The van der Waals surface area contributed by atoms with Gasteiger partial charge in [-0.1, -0.05) is 17.5 Å². The lowest BCUT2D eigenvalue weighted by Crippen LogP contribution is -2.31. The fraction of sp³-hybridized carbons (Fsp3) is 0.389. The first-order valence-corrected chi connectivity index (χ1v) is 8.37. The molecule has 1 saturated heterocycles. The molecule has 9 heteroatoms. The minimum atomic E-state index is -0.705. The van der Waals surface area contributed by atoms with Crippen molar-refractivity contribution < 1.29 is 28.6 Å². The van der Waals surface area contributed by atoms with E-state index in [1.54, 1.807) is 6.07 Å². The fourth-order valence-corrected chi connectivity index (χ4v) is 2.84. The quantitative estimate of drug-likeness (QED) is 0.547. The SMILES string of the molecule is C#CCNC(=O)COC(=O)[C@H]1CC(=O)N(c2cc(Cl)c(OC)cc2OC)C1. The lowest BCUT2D eigenvalue weighted by molar-refractivity contribution is -0.152. The molecule has 1 N–H and O–H groups in total. The van der Waals surface area contributed by atoms with Gasteiger partial charge in [-0.25, -0.2) is 0 Å². The first-order chi connectivity index (χ1) is 12.9. The van der Waals surface area contributed by atoms with Gasteiger partial charge in [0, 0.05) is 19.0 Å². The number of terminal acetylenes is 1. The molecule has 0 aliphatic carbocycles. The molecule has 27 heavy (non-hydrogen) atoms. The van der Waals surface area contributed by atoms with Crippen molar-refractivity contribution in [3.05, 3.63) is 17.2 Å². The van der Waals surface area contributed by atoms with Crippen LogP contribution in [0.25, 0.3) is 0 Å². The van der Waals surface area contributed by atoms with Crippen molar-refractivity contribution in [2.45, 2.75) is 6.42 Å². The maximum atomic E-state index is 12.4. The van der Waals surface area contributed by atoms with E-state index in [-0.39, 0.29) is 25.4 Å². The number of hydrogen-bond donors (Lipinski definition) is 1. The molecular formula is C18H19ClN2O6. The number of amides is 2. The number of halogens is 1. The summed E-state index contributed by atoms with van der Waals surface area (Å²) in [7, 11) is 2.92. The maximum absolute atomic E-state index is 12.4. The minimum Gasteiger partial charge on any atom is -0.495 e. The molecule has 144 valence electrons. The highest BCUT2D eigenvalue weighted by Gasteiger charge is 2.37. The Hall–Kier alpha value is -2.92. The average molecular weight is 395 g/mol. The van der Waals surface area contributed by atoms with Crippen molar-refractivity contribution in [2.24, 2.45) is 5.92 Å². The van der Waals surface area contributed by atoms with Crippen molar-refractivity contribution in [3.63, 3.8) is 0 Å². The molecule has 0 aromatic heterocycles. The van der Waals surface area contributed by atoms with Gasteiger partial charge in [-0.3, -0.25) is 14.4 Å².